The highest BCUT2D eigenvalue weighted by atomic mass is 35.5. The van der Waals surface area contributed by atoms with Gasteiger partial charge in [0.1, 0.15) is 0 Å². The van der Waals surface area contributed by atoms with Crippen LogP contribution in [0.25, 0.3) is 0 Å². The van der Waals surface area contributed by atoms with Gasteiger partial charge in [-0.05, 0) is 25.0 Å². The molecule has 0 aliphatic heterocycles. The van der Waals surface area contributed by atoms with E-state index in [1.54, 1.807) is 13.8 Å². The van der Waals surface area contributed by atoms with Gasteiger partial charge >= 0.3 is 0 Å². The van der Waals surface area contributed by atoms with Crippen molar-refractivity contribution in [1.82, 2.24) is 0 Å². The van der Waals surface area contributed by atoms with Crippen LogP contribution in [0.15, 0.2) is 70.9 Å². The van der Waals surface area contributed by atoms with Gasteiger partial charge in [-0.2, -0.15) is 10.2 Å². The lowest BCUT2D eigenvalue weighted by Gasteiger charge is -2.20. The Balaban J connectivity index is 2.24. The van der Waals surface area contributed by atoms with Crippen LogP contribution in [0.1, 0.15) is 25.0 Å². The second-order valence-electron chi connectivity index (χ2n) is 4.84. The summed E-state index contributed by atoms with van der Waals surface area (Å²) >= 11 is 12.9. The van der Waals surface area contributed by atoms with E-state index in [-0.39, 0.29) is 0 Å². The van der Waals surface area contributed by atoms with Crippen LogP contribution in [-0.2, 0) is 10.00 Å². The zero-order valence-electron chi connectivity index (χ0n) is 11.4. The van der Waals surface area contributed by atoms with Crippen LogP contribution in [0, 0.1) is 0 Å². The van der Waals surface area contributed by atoms with Crippen LogP contribution in [0.2, 0.25) is 0 Å². The second kappa shape index (κ2) is 5.94. The highest BCUT2D eigenvalue weighted by Crippen LogP contribution is 2.35. The number of nitrogens with zero attached hydrogens (tertiary/aromatic N) is 2. The van der Waals surface area contributed by atoms with Crippen molar-refractivity contribution in [3.63, 3.8) is 0 Å². The molecule has 0 fully saturated rings. The Bertz CT molecular complexity index is 524. The van der Waals surface area contributed by atoms with Gasteiger partial charge in [0.05, 0.1) is 0 Å². The summed E-state index contributed by atoms with van der Waals surface area (Å²) in [5.41, 5.74) is 1.76. The molecule has 2 aromatic carbocycles. The first kappa shape index (κ1) is 15.0. The maximum absolute atomic E-state index is 6.44. The molecule has 2 unspecified atom stereocenters. The SMILES string of the molecule is CC(Cl)(N=NC(C)(Cl)c1ccccc1)c1ccccc1. The van der Waals surface area contributed by atoms with Crippen molar-refractivity contribution in [3.05, 3.63) is 71.8 Å². The fourth-order valence-electron chi connectivity index (χ4n) is 1.79. The lowest BCUT2D eigenvalue weighted by molar-refractivity contribution is 0.578. The summed E-state index contributed by atoms with van der Waals surface area (Å²) in [7, 11) is 0. The third-order valence-corrected chi connectivity index (χ3v) is 3.61. The van der Waals surface area contributed by atoms with Crippen molar-refractivity contribution in [3.8, 4) is 0 Å². The molecule has 0 amide bonds. The average Bonchev–Trinajstić information content (AvgIpc) is 2.47. The smallest absolute Gasteiger partial charge is 0.164 e. The molecule has 4 heteroatoms. The molecule has 2 rings (SSSR count). The molecule has 2 atom stereocenters. The minimum atomic E-state index is -0.924. The number of hydrogen-bond donors (Lipinski definition) is 0. The van der Waals surface area contributed by atoms with Crippen molar-refractivity contribution in [2.75, 3.05) is 0 Å². The summed E-state index contributed by atoms with van der Waals surface area (Å²) in [6.07, 6.45) is 0. The Hall–Kier alpha value is -1.38. The molecule has 0 bridgehead atoms. The molecule has 0 heterocycles. The third kappa shape index (κ3) is 3.59. The predicted octanol–water partition coefficient (Wildman–Crippen LogP) is 5.66. The lowest BCUT2D eigenvalue weighted by Crippen LogP contribution is -2.14. The molecule has 2 nitrogen and oxygen atoms in total. The van der Waals surface area contributed by atoms with Crippen molar-refractivity contribution in [1.29, 1.82) is 0 Å². The summed E-state index contributed by atoms with van der Waals surface area (Å²) in [6, 6.07) is 19.2. The van der Waals surface area contributed by atoms with E-state index in [0.717, 1.165) is 11.1 Å². The first-order valence-electron chi connectivity index (χ1n) is 6.35. The molecule has 0 saturated heterocycles. The molecule has 20 heavy (non-hydrogen) atoms. The van der Waals surface area contributed by atoms with Crippen molar-refractivity contribution >= 4 is 23.2 Å². The van der Waals surface area contributed by atoms with Crippen molar-refractivity contribution < 1.29 is 0 Å². The van der Waals surface area contributed by atoms with E-state index in [0.29, 0.717) is 0 Å². The molecular weight excluding hydrogens is 291 g/mol. The molecule has 0 saturated carbocycles. The maximum atomic E-state index is 6.44. The van der Waals surface area contributed by atoms with Crippen LogP contribution in [0.5, 0.6) is 0 Å². The number of halogens is 2. The number of rotatable bonds is 4. The number of azo groups is 1. The van der Waals surface area contributed by atoms with Gasteiger partial charge in [0.25, 0.3) is 0 Å². The normalized spacial score (nSPS) is 17.6. The topological polar surface area (TPSA) is 24.7 Å². The van der Waals surface area contributed by atoms with Crippen LogP contribution < -0.4 is 0 Å². The summed E-state index contributed by atoms with van der Waals surface area (Å²) in [5, 5.41) is 8.47. The third-order valence-electron chi connectivity index (χ3n) is 3.03. The molecule has 2 aromatic rings. The summed E-state index contributed by atoms with van der Waals surface area (Å²) in [5.74, 6) is 0. The first-order valence-corrected chi connectivity index (χ1v) is 7.10. The van der Waals surface area contributed by atoms with E-state index in [1.807, 2.05) is 60.7 Å². The Morgan fingerprint density at radius 2 is 0.950 bits per heavy atom. The quantitative estimate of drug-likeness (QED) is 0.395. The van der Waals surface area contributed by atoms with Gasteiger partial charge in [0.15, 0.2) is 10.00 Å². The Labute approximate surface area is 129 Å². The Morgan fingerprint density at radius 1 is 0.650 bits per heavy atom. The summed E-state index contributed by atoms with van der Waals surface area (Å²) in [6.45, 7) is 3.59. The van der Waals surface area contributed by atoms with Gasteiger partial charge in [-0.25, -0.2) is 0 Å². The van der Waals surface area contributed by atoms with Crippen LogP contribution in [-0.4, -0.2) is 0 Å². The van der Waals surface area contributed by atoms with Gasteiger partial charge in [0, 0.05) is 0 Å². The Kier molecular flexibility index (Phi) is 4.46. The van der Waals surface area contributed by atoms with E-state index in [9.17, 15) is 0 Å². The van der Waals surface area contributed by atoms with Crippen LogP contribution in [0.4, 0.5) is 0 Å². The van der Waals surface area contributed by atoms with E-state index in [4.69, 9.17) is 23.2 Å². The fraction of sp³-hybridized carbons (Fsp3) is 0.250. The molecule has 0 spiro atoms. The molecule has 0 aromatic heterocycles. The molecular formula is C16H16Cl2N2. The first-order chi connectivity index (χ1) is 9.42. The fourth-order valence-corrected chi connectivity index (χ4v) is 2.12. The van der Waals surface area contributed by atoms with Gasteiger partial charge in [0.2, 0.25) is 0 Å². The Morgan fingerprint density at radius 3 is 1.25 bits per heavy atom. The van der Waals surface area contributed by atoms with Gasteiger partial charge < -0.3 is 0 Å². The van der Waals surface area contributed by atoms with Crippen LogP contribution >= 0.6 is 23.2 Å². The van der Waals surface area contributed by atoms with Crippen LogP contribution in [0.3, 0.4) is 0 Å². The number of alkyl halides is 2. The number of benzene rings is 2. The molecule has 104 valence electrons. The molecule has 0 aliphatic carbocycles. The highest BCUT2D eigenvalue weighted by molar-refractivity contribution is 6.24. The zero-order valence-corrected chi connectivity index (χ0v) is 12.9. The number of hydrogen-bond acceptors (Lipinski definition) is 2. The van der Waals surface area contributed by atoms with Gasteiger partial charge in [-0.3, -0.25) is 0 Å². The minimum Gasteiger partial charge on any atom is -0.164 e. The van der Waals surface area contributed by atoms with Crippen molar-refractivity contribution in [2.24, 2.45) is 10.2 Å². The standard InChI is InChI=1S/C16H16Cl2N2/c1-15(17,13-9-5-3-6-10-13)19-20-16(2,18)14-11-7-4-8-12-14/h3-12H,1-2H3. The monoisotopic (exact) mass is 306 g/mol. The summed E-state index contributed by atoms with van der Waals surface area (Å²) < 4.78 is 0. The van der Waals surface area contributed by atoms with Gasteiger partial charge in [-0.1, -0.05) is 83.9 Å². The molecule has 0 N–H and O–H groups in total. The molecule has 0 radical (unpaired) electrons. The highest BCUT2D eigenvalue weighted by Gasteiger charge is 2.27. The second-order valence-corrected chi connectivity index (χ2v) is 6.31. The largest absolute Gasteiger partial charge is 0.176 e. The molecule has 0 aliphatic rings. The maximum Gasteiger partial charge on any atom is 0.176 e. The lowest BCUT2D eigenvalue weighted by atomic mass is 10.1. The van der Waals surface area contributed by atoms with Crippen molar-refractivity contribution in [2.45, 2.75) is 23.8 Å². The van der Waals surface area contributed by atoms with Gasteiger partial charge in [-0.15, -0.1) is 0 Å². The minimum absolute atomic E-state index is 0.881. The average molecular weight is 307 g/mol. The summed E-state index contributed by atoms with van der Waals surface area (Å²) in [4.78, 5) is -1.85. The van der Waals surface area contributed by atoms with E-state index in [2.05, 4.69) is 10.2 Å². The van der Waals surface area contributed by atoms with E-state index >= 15 is 0 Å². The van der Waals surface area contributed by atoms with E-state index in [1.165, 1.54) is 0 Å². The zero-order chi connectivity index (χ0) is 14.6. The predicted molar refractivity (Wildman–Crippen MR) is 84.2 cm³/mol. The van der Waals surface area contributed by atoms with E-state index < -0.39 is 10.00 Å².